The summed E-state index contributed by atoms with van der Waals surface area (Å²) >= 11 is 9.38. The standard InChI is InChI=1S/C11H13BrClN/c12-10-7-8(3-4-11(10)13)6-9-2-1-5-14-9/h3-4,7,9,14H,1-2,5-6H2. The molecule has 1 nitrogen and oxygen atoms in total. The van der Waals surface area contributed by atoms with E-state index < -0.39 is 0 Å². The van der Waals surface area contributed by atoms with Gasteiger partial charge in [0.05, 0.1) is 5.02 Å². The van der Waals surface area contributed by atoms with Crippen molar-refractivity contribution in [2.75, 3.05) is 6.54 Å². The van der Waals surface area contributed by atoms with Gasteiger partial charge in [0.2, 0.25) is 0 Å². The highest BCUT2D eigenvalue weighted by Gasteiger charge is 2.14. The Labute approximate surface area is 98.0 Å². The highest BCUT2D eigenvalue weighted by atomic mass is 79.9. The second-order valence-corrected chi connectivity index (χ2v) is 5.01. The molecule has 0 radical (unpaired) electrons. The smallest absolute Gasteiger partial charge is 0.0548 e. The molecule has 0 aliphatic carbocycles. The van der Waals surface area contributed by atoms with Crippen LogP contribution in [0.4, 0.5) is 0 Å². The molecule has 1 N–H and O–H groups in total. The average Bonchev–Trinajstić information content (AvgIpc) is 2.64. The summed E-state index contributed by atoms with van der Waals surface area (Å²) in [5.41, 5.74) is 1.35. The van der Waals surface area contributed by atoms with Crippen LogP contribution in [-0.2, 0) is 6.42 Å². The molecular formula is C11H13BrClN. The van der Waals surface area contributed by atoms with Crippen LogP contribution in [0, 0.1) is 0 Å². The Morgan fingerprint density at radius 3 is 3.00 bits per heavy atom. The normalized spacial score (nSPS) is 21.4. The second-order valence-electron chi connectivity index (χ2n) is 3.75. The van der Waals surface area contributed by atoms with E-state index in [1.54, 1.807) is 0 Å². The summed E-state index contributed by atoms with van der Waals surface area (Å²) in [5.74, 6) is 0. The van der Waals surface area contributed by atoms with Crippen molar-refractivity contribution >= 4 is 27.5 Å². The Bertz CT molecular complexity index is 321. The predicted octanol–water partition coefficient (Wildman–Crippen LogP) is 3.40. The number of halogens is 2. The third-order valence-electron chi connectivity index (χ3n) is 2.63. The minimum absolute atomic E-state index is 0.656. The maximum Gasteiger partial charge on any atom is 0.0548 e. The van der Waals surface area contributed by atoms with Crippen molar-refractivity contribution in [3.05, 3.63) is 33.3 Å². The minimum atomic E-state index is 0.656. The van der Waals surface area contributed by atoms with Crippen molar-refractivity contribution in [1.82, 2.24) is 5.32 Å². The van der Waals surface area contributed by atoms with Gasteiger partial charge >= 0.3 is 0 Å². The van der Waals surface area contributed by atoms with Crippen molar-refractivity contribution < 1.29 is 0 Å². The van der Waals surface area contributed by atoms with Gasteiger partial charge in [-0.05, 0) is 59.4 Å². The lowest BCUT2D eigenvalue weighted by Gasteiger charge is -2.10. The van der Waals surface area contributed by atoms with Gasteiger partial charge in [0.15, 0.2) is 0 Å². The second kappa shape index (κ2) is 4.65. The van der Waals surface area contributed by atoms with Crippen LogP contribution < -0.4 is 5.32 Å². The number of nitrogens with one attached hydrogen (secondary N) is 1. The molecule has 1 saturated heterocycles. The summed E-state index contributed by atoms with van der Waals surface area (Å²) in [7, 11) is 0. The molecule has 1 heterocycles. The van der Waals surface area contributed by atoms with Gasteiger partial charge in [0.1, 0.15) is 0 Å². The van der Waals surface area contributed by atoms with Gasteiger partial charge in [-0.1, -0.05) is 17.7 Å². The molecule has 1 unspecified atom stereocenters. The molecule has 1 atom stereocenters. The van der Waals surface area contributed by atoms with E-state index in [-0.39, 0.29) is 0 Å². The fraction of sp³-hybridized carbons (Fsp3) is 0.455. The molecule has 14 heavy (non-hydrogen) atoms. The van der Waals surface area contributed by atoms with Crippen LogP contribution in [0.3, 0.4) is 0 Å². The first kappa shape index (κ1) is 10.5. The fourth-order valence-corrected chi connectivity index (χ4v) is 2.43. The maximum atomic E-state index is 5.93. The molecule has 0 aromatic heterocycles. The van der Waals surface area contributed by atoms with Crippen molar-refractivity contribution in [1.29, 1.82) is 0 Å². The number of benzene rings is 1. The Hall–Kier alpha value is -0.0500. The highest BCUT2D eigenvalue weighted by molar-refractivity contribution is 9.10. The van der Waals surface area contributed by atoms with E-state index in [1.165, 1.54) is 24.9 Å². The van der Waals surface area contributed by atoms with Gasteiger partial charge < -0.3 is 5.32 Å². The third-order valence-corrected chi connectivity index (χ3v) is 3.84. The molecule has 76 valence electrons. The first-order valence-corrected chi connectivity index (χ1v) is 6.10. The van der Waals surface area contributed by atoms with Crippen molar-refractivity contribution in [2.24, 2.45) is 0 Å². The first-order valence-electron chi connectivity index (χ1n) is 4.93. The topological polar surface area (TPSA) is 12.0 Å². The van der Waals surface area contributed by atoms with Crippen LogP contribution in [0.25, 0.3) is 0 Å². The zero-order valence-electron chi connectivity index (χ0n) is 7.89. The Morgan fingerprint density at radius 1 is 1.50 bits per heavy atom. The van der Waals surface area contributed by atoms with Crippen molar-refractivity contribution in [3.63, 3.8) is 0 Å². The molecule has 0 spiro atoms. The maximum absolute atomic E-state index is 5.93. The van der Waals surface area contributed by atoms with Gasteiger partial charge in [0.25, 0.3) is 0 Å². The average molecular weight is 275 g/mol. The van der Waals surface area contributed by atoms with Crippen LogP contribution in [-0.4, -0.2) is 12.6 Å². The molecule has 1 aliphatic heterocycles. The molecule has 0 saturated carbocycles. The molecule has 1 aromatic carbocycles. The Balaban J connectivity index is 2.05. The van der Waals surface area contributed by atoms with Gasteiger partial charge in [-0.3, -0.25) is 0 Å². The van der Waals surface area contributed by atoms with E-state index in [1.807, 2.05) is 6.07 Å². The quantitative estimate of drug-likeness (QED) is 0.871. The monoisotopic (exact) mass is 273 g/mol. The lowest BCUT2D eigenvalue weighted by Crippen LogP contribution is -2.23. The van der Waals surface area contributed by atoms with Crippen molar-refractivity contribution in [3.8, 4) is 0 Å². The van der Waals surface area contributed by atoms with Gasteiger partial charge in [-0.15, -0.1) is 0 Å². The minimum Gasteiger partial charge on any atom is -0.314 e. The van der Waals surface area contributed by atoms with E-state index in [2.05, 4.69) is 33.4 Å². The number of hydrogen-bond acceptors (Lipinski definition) is 1. The molecule has 1 aliphatic rings. The zero-order valence-corrected chi connectivity index (χ0v) is 10.2. The summed E-state index contributed by atoms with van der Waals surface area (Å²) in [4.78, 5) is 0. The van der Waals surface area contributed by atoms with Crippen LogP contribution in [0.2, 0.25) is 5.02 Å². The van der Waals surface area contributed by atoms with E-state index in [4.69, 9.17) is 11.6 Å². The van der Waals surface area contributed by atoms with Crippen LogP contribution in [0.5, 0.6) is 0 Å². The van der Waals surface area contributed by atoms with E-state index in [0.717, 1.165) is 15.9 Å². The van der Waals surface area contributed by atoms with Crippen LogP contribution >= 0.6 is 27.5 Å². The lowest BCUT2D eigenvalue weighted by molar-refractivity contribution is 0.603. The van der Waals surface area contributed by atoms with Gasteiger partial charge in [-0.2, -0.15) is 0 Å². The van der Waals surface area contributed by atoms with E-state index in [9.17, 15) is 0 Å². The lowest BCUT2D eigenvalue weighted by atomic mass is 10.1. The van der Waals surface area contributed by atoms with Crippen molar-refractivity contribution in [2.45, 2.75) is 25.3 Å². The Kier molecular flexibility index (Phi) is 3.47. The van der Waals surface area contributed by atoms with Crippen LogP contribution in [0.15, 0.2) is 22.7 Å². The Morgan fingerprint density at radius 2 is 2.36 bits per heavy atom. The SMILES string of the molecule is Clc1ccc(CC2CCCN2)cc1Br. The summed E-state index contributed by atoms with van der Waals surface area (Å²) in [6.45, 7) is 1.17. The summed E-state index contributed by atoms with van der Waals surface area (Å²) in [5, 5.41) is 4.28. The molecule has 3 heteroatoms. The third kappa shape index (κ3) is 2.50. The van der Waals surface area contributed by atoms with E-state index in [0.29, 0.717) is 6.04 Å². The number of hydrogen-bond donors (Lipinski definition) is 1. The fourth-order valence-electron chi connectivity index (χ4n) is 1.88. The summed E-state index contributed by atoms with van der Waals surface area (Å²) in [6, 6.07) is 6.83. The predicted molar refractivity (Wildman–Crippen MR) is 63.9 cm³/mol. The van der Waals surface area contributed by atoms with Gasteiger partial charge in [-0.25, -0.2) is 0 Å². The largest absolute Gasteiger partial charge is 0.314 e. The van der Waals surface area contributed by atoms with Crippen LogP contribution in [0.1, 0.15) is 18.4 Å². The van der Waals surface area contributed by atoms with Gasteiger partial charge in [0, 0.05) is 10.5 Å². The molecule has 1 aromatic rings. The molecule has 0 amide bonds. The molecule has 1 fully saturated rings. The summed E-state index contributed by atoms with van der Waals surface area (Å²) in [6.07, 6.45) is 3.70. The molecule has 0 bridgehead atoms. The van der Waals surface area contributed by atoms with E-state index >= 15 is 0 Å². The summed E-state index contributed by atoms with van der Waals surface area (Å²) < 4.78 is 0.995. The molecule has 2 rings (SSSR count). The zero-order chi connectivity index (χ0) is 9.97. The highest BCUT2D eigenvalue weighted by Crippen LogP contribution is 2.24. The molecular weight excluding hydrogens is 261 g/mol. The number of rotatable bonds is 2. The first-order chi connectivity index (χ1) is 6.75.